The quantitative estimate of drug-likeness (QED) is 0.707. The van der Waals surface area contributed by atoms with E-state index in [1.54, 1.807) is 0 Å². The van der Waals surface area contributed by atoms with Gasteiger partial charge in [0.25, 0.3) is 0 Å². The van der Waals surface area contributed by atoms with Crippen LogP contribution < -0.4 is 5.32 Å². The van der Waals surface area contributed by atoms with E-state index in [1.165, 1.54) is 7.11 Å². The fraction of sp³-hybridized carbons (Fsp3) is 0.933. The lowest BCUT2D eigenvalue weighted by Gasteiger charge is -2.41. The van der Waals surface area contributed by atoms with E-state index in [1.807, 2.05) is 11.8 Å². The summed E-state index contributed by atoms with van der Waals surface area (Å²) in [6.07, 6.45) is 4.66. The van der Waals surface area contributed by atoms with Gasteiger partial charge in [-0.1, -0.05) is 6.92 Å². The van der Waals surface area contributed by atoms with Crippen molar-refractivity contribution < 1.29 is 14.6 Å². The predicted molar refractivity (Wildman–Crippen MR) is 84.0 cm³/mol. The molecule has 1 aliphatic carbocycles. The molecule has 0 aromatic rings. The summed E-state index contributed by atoms with van der Waals surface area (Å²) in [4.78, 5) is 12.2. The van der Waals surface area contributed by atoms with Crippen LogP contribution in [0.25, 0.3) is 0 Å². The van der Waals surface area contributed by atoms with Crippen molar-refractivity contribution in [3.63, 3.8) is 0 Å². The second-order valence-corrected chi connectivity index (χ2v) is 7.79. The summed E-state index contributed by atoms with van der Waals surface area (Å²) in [5, 5.41) is 13.3. The third-order valence-corrected chi connectivity index (χ3v) is 5.29. The first kappa shape index (κ1) is 17.8. The molecule has 0 aromatic carbocycles. The highest BCUT2D eigenvalue weighted by Gasteiger charge is 2.44. The van der Waals surface area contributed by atoms with E-state index in [9.17, 15) is 4.79 Å². The number of hydrogen-bond donors (Lipinski definition) is 2. The molecule has 0 bridgehead atoms. The average Bonchev–Trinajstić information content (AvgIpc) is 2.37. The van der Waals surface area contributed by atoms with Crippen LogP contribution in [0, 0.1) is 0 Å². The first-order valence-corrected chi connectivity index (χ1v) is 8.50. The Kier molecular flexibility index (Phi) is 7.34. The summed E-state index contributed by atoms with van der Waals surface area (Å²) in [5.41, 5.74) is -0.530. The van der Waals surface area contributed by atoms with Gasteiger partial charge in [-0.15, -0.1) is 0 Å². The van der Waals surface area contributed by atoms with Crippen LogP contribution in [0.3, 0.4) is 0 Å². The largest absolute Gasteiger partial charge is 0.468 e. The Morgan fingerprint density at radius 1 is 1.50 bits per heavy atom. The molecule has 1 aliphatic rings. The van der Waals surface area contributed by atoms with Crippen LogP contribution >= 0.6 is 11.8 Å². The van der Waals surface area contributed by atoms with Gasteiger partial charge in [0.2, 0.25) is 0 Å². The van der Waals surface area contributed by atoms with E-state index < -0.39 is 5.54 Å². The van der Waals surface area contributed by atoms with Crippen molar-refractivity contribution >= 4 is 17.7 Å². The van der Waals surface area contributed by atoms with Crippen molar-refractivity contribution in [2.45, 2.75) is 75.0 Å². The number of aliphatic hydroxyl groups is 1. The molecule has 0 spiro atoms. The zero-order valence-corrected chi connectivity index (χ0v) is 14.0. The number of nitrogens with one attached hydrogen (secondary N) is 1. The Hall–Kier alpha value is -0.260. The van der Waals surface area contributed by atoms with Gasteiger partial charge >= 0.3 is 5.97 Å². The summed E-state index contributed by atoms with van der Waals surface area (Å²) in [6, 6.07) is 0.257. The number of carbonyl (C=O) groups excluding carboxylic acids is 1. The Morgan fingerprint density at radius 3 is 2.75 bits per heavy atom. The summed E-state index contributed by atoms with van der Waals surface area (Å²) in [7, 11) is 1.47. The normalized spacial score (nSPS) is 28.4. The van der Waals surface area contributed by atoms with E-state index in [2.05, 4.69) is 26.1 Å². The minimum atomic E-state index is -0.530. The van der Waals surface area contributed by atoms with Crippen LogP contribution in [-0.4, -0.2) is 46.9 Å². The number of methoxy groups -OCH3 is 1. The number of carbonyl (C=O) groups is 1. The monoisotopic (exact) mass is 303 g/mol. The zero-order valence-electron chi connectivity index (χ0n) is 13.1. The van der Waals surface area contributed by atoms with Gasteiger partial charge in [-0.2, -0.15) is 11.8 Å². The molecule has 5 heteroatoms. The molecule has 3 unspecified atom stereocenters. The van der Waals surface area contributed by atoms with E-state index in [0.29, 0.717) is 10.5 Å². The highest BCUT2D eigenvalue weighted by atomic mass is 32.2. The molecule has 2 N–H and O–H groups in total. The fourth-order valence-electron chi connectivity index (χ4n) is 3.04. The molecule has 4 nitrogen and oxygen atoms in total. The number of hydrogen-bond acceptors (Lipinski definition) is 5. The van der Waals surface area contributed by atoms with Crippen LogP contribution in [0.15, 0.2) is 0 Å². The second-order valence-electron chi connectivity index (χ2n) is 6.05. The van der Waals surface area contributed by atoms with Crippen LogP contribution in [0.2, 0.25) is 0 Å². The molecule has 1 rings (SSSR count). The summed E-state index contributed by atoms with van der Waals surface area (Å²) < 4.78 is 5.04. The second kappa shape index (κ2) is 8.25. The Balaban J connectivity index is 2.72. The Labute approximate surface area is 127 Å². The lowest BCUT2D eigenvalue weighted by molar-refractivity contribution is -0.150. The summed E-state index contributed by atoms with van der Waals surface area (Å²) in [5.74, 6) is -0.133. The molecule has 0 saturated heterocycles. The third-order valence-electron chi connectivity index (χ3n) is 3.81. The van der Waals surface area contributed by atoms with Crippen LogP contribution in [0.1, 0.15) is 52.9 Å². The predicted octanol–water partition coefficient (Wildman–Crippen LogP) is 2.34. The zero-order chi connectivity index (χ0) is 15.2. The Morgan fingerprint density at radius 2 is 2.20 bits per heavy atom. The molecular formula is C15H29NO3S. The topological polar surface area (TPSA) is 58.6 Å². The van der Waals surface area contributed by atoms with Gasteiger partial charge in [-0.05, 0) is 46.0 Å². The minimum Gasteiger partial charge on any atom is -0.468 e. The van der Waals surface area contributed by atoms with Gasteiger partial charge in [0.15, 0.2) is 0 Å². The van der Waals surface area contributed by atoms with E-state index in [-0.39, 0.29) is 18.6 Å². The van der Waals surface area contributed by atoms with Gasteiger partial charge in [0.1, 0.15) is 5.54 Å². The first-order chi connectivity index (χ1) is 9.43. The van der Waals surface area contributed by atoms with Crippen LogP contribution in [0.4, 0.5) is 0 Å². The molecule has 20 heavy (non-hydrogen) atoms. The number of rotatable bonds is 7. The van der Waals surface area contributed by atoms with Gasteiger partial charge < -0.3 is 9.84 Å². The maximum absolute atomic E-state index is 12.2. The van der Waals surface area contributed by atoms with Crippen molar-refractivity contribution in [3.8, 4) is 0 Å². The summed E-state index contributed by atoms with van der Waals surface area (Å²) in [6.45, 7) is 6.50. The van der Waals surface area contributed by atoms with Gasteiger partial charge in [0.05, 0.1) is 7.11 Å². The molecule has 118 valence electrons. The SMILES string of the molecule is COC(=O)C1(NC(C)C)CCCC(SC(C)CCO)C1. The van der Waals surface area contributed by atoms with Crippen molar-refractivity contribution in [3.05, 3.63) is 0 Å². The van der Waals surface area contributed by atoms with Crippen molar-refractivity contribution in [2.24, 2.45) is 0 Å². The molecule has 0 aromatic heterocycles. The number of thioether (sulfide) groups is 1. The molecule has 0 radical (unpaired) electrons. The Bertz CT molecular complexity index is 311. The van der Waals surface area contributed by atoms with Gasteiger partial charge in [0, 0.05) is 23.1 Å². The fourth-order valence-corrected chi connectivity index (χ4v) is 4.62. The van der Waals surface area contributed by atoms with E-state index >= 15 is 0 Å². The highest BCUT2D eigenvalue weighted by molar-refractivity contribution is 8.00. The lowest BCUT2D eigenvalue weighted by atomic mass is 9.81. The first-order valence-electron chi connectivity index (χ1n) is 7.56. The maximum atomic E-state index is 12.2. The maximum Gasteiger partial charge on any atom is 0.326 e. The summed E-state index contributed by atoms with van der Waals surface area (Å²) >= 11 is 1.89. The van der Waals surface area contributed by atoms with Gasteiger partial charge in [-0.3, -0.25) is 10.1 Å². The third kappa shape index (κ3) is 4.93. The number of aliphatic hydroxyl groups excluding tert-OH is 1. The molecule has 0 amide bonds. The highest BCUT2D eigenvalue weighted by Crippen LogP contribution is 2.38. The number of esters is 1. The van der Waals surface area contributed by atoms with Crippen molar-refractivity contribution in [2.75, 3.05) is 13.7 Å². The molecular weight excluding hydrogens is 274 g/mol. The number of ether oxygens (including phenoxy) is 1. The molecule has 1 fully saturated rings. The molecule has 3 atom stereocenters. The molecule has 0 aliphatic heterocycles. The standard InChI is InChI=1S/C15H29NO3S/c1-11(2)16-15(14(18)19-4)8-5-6-13(10-15)20-12(3)7-9-17/h11-13,16-17H,5-10H2,1-4H3. The molecule has 0 heterocycles. The van der Waals surface area contributed by atoms with E-state index in [4.69, 9.17) is 9.84 Å². The van der Waals surface area contributed by atoms with Crippen LogP contribution in [-0.2, 0) is 9.53 Å². The van der Waals surface area contributed by atoms with Gasteiger partial charge in [-0.25, -0.2) is 0 Å². The van der Waals surface area contributed by atoms with Crippen molar-refractivity contribution in [1.82, 2.24) is 5.32 Å². The molecule has 1 saturated carbocycles. The van der Waals surface area contributed by atoms with E-state index in [0.717, 1.165) is 32.1 Å². The smallest absolute Gasteiger partial charge is 0.326 e. The van der Waals surface area contributed by atoms with Crippen molar-refractivity contribution in [1.29, 1.82) is 0 Å². The van der Waals surface area contributed by atoms with Crippen LogP contribution in [0.5, 0.6) is 0 Å². The lowest BCUT2D eigenvalue weighted by Crippen LogP contribution is -2.58. The minimum absolute atomic E-state index is 0.133. The average molecular weight is 303 g/mol.